The number of benzene rings is 2. The van der Waals surface area contributed by atoms with Crippen LogP contribution in [0.25, 0.3) is 10.8 Å². The zero-order valence-corrected chi connectivity index (χ0v) is 16.2. The number of fused-ring (bicyclic) bond motifs is 1. The monoisotopic (exact) mass is 393 g/mol. The Balaban J connectivity index is 1.46. The van der Waals surface area contributed by atoms with Gasteiger partial charge in [0.1, 0.15) is 0 Å². The molecule has 0 unspecified atom stereocenters. The highest BCUT2D eigenvalue weighted by atomic mass is 16.5. The Morgan fingerprint density at radius 2 is 1.76 bits per heavy atom. The third-order valence-corrected chi connectivity index (χ3v) is 4.57. The second kappa shape index (κ2) is 9.64. The van der Waals surface area contributed by atoms with Crippen LogP contribution >= 0.6 is 0 Å². The molecule has 150 valence electrons. The molecule has 2 aromatic carbocycles. The molecule has 0 spiro atoms. The molecule has 1 heterocycles. The van der Waals surface area contributed by atoms with Gasteiger partial charge in [-0.1, -0.05) is 48.5 Å². The zero-order chi connectivity index (χ0) is 20.6. The number of amides is 1. The number of hydrogen-bond donors (Lipinski definition) is 2. The number of nitrogens with one attached hydrogen (secondary N) is 2. The number of esters is 1. The number of aromatic amines is 1. The van der Waals surface area contributed by atoms with Gasteiger partial charge in [-0.3, -0.25) is 14.4 Å². The predicted molar refractivity (Wildman–Crippen MR) is 109 cm³/mol. The molecule has 1 atom stereocenters. The summed E-state index contributed by atoms with van der Waals surface area (Å²) in [6, 6.07) is 16.9. The molecule has 0 radical (unpaired) electrons. The second-order valence-corrected chi connectivity index (χ2v) is 6.88. The molecular weight excluding hydrogens is 370 g/mol. The number of hydrogen-bond acceptors (Lipinski definition) is 5. The average molecular weight is 393 g/mol. The third-order valence-electron chi connectivity index (χ3n) is 4.57. The number of ether oxygens (including phenoxy) is 1. The van der Waals surface area contributed by atoms with Crippen molar-refractivity contribution >= 4 is 22.6 Å². The molecule has 1 amide bonds. The molecule has 3 aromatic rings. The molecule has 3 rings (SSSR count). The van der Waals surface area contributed by atoms with Gasteiger partial charge in [-0.25, -0.2) is 5.10 Å². The molecule has 0 saturated carbocycles. The minimum absolute atomic E-state index is 0.0359. The fourth-order valence-corrected chi connectivity index (χ4v) is 3.06. The molecule has 2 N–H and O–H groups in total. The van der Waals surface area contributed by atoms with Crippen molar-refractivity contribution < 1.29 is 14.3 Å². The number of rotatable bonds is 8. The summed E-state index contributed by atoms with van der Waals surface area (Å²) in [5.74, 6) is -0.931. The summed E-state index contributed by atoms with van der Waals surface area (Å²) in [5, 5.41) is 10.2. The Bertz CT molecular complexity index is 1050. The van der Waals surface area contributed by atoms with Gasteiger partial charge in [-0.05, 0) is 31.4 Å². The number of aromatic nitrogens is 2. The van der Waals surface area contributed by atoms with Gasteiger partial charge < -0.3 is 10.1 Å². The van der Waals surface area contributed by atoms with Crippen LogP contribution in [0.3, 0.4) is 0 Å². The van der Waals surface area contributed by atoms with Crippen LogP contribution in [0.15, 0.2) is 59.4 Å². The summed E-state index contributed by atoms with van der Waals surface area (Å²) in [5.41, 5.74) is 1.30. The van der Waals surface area contributed by atoms with E-state index in [4.69, 9.17) is 4.74 Å². The summed E-state index contributed by atoms with van der Waals surface area (Å²) >= 11 is 0. The second-order valence-electron chi connectivity index (χ2n) is 6.88. The quantitative estimate of drug-likeness (QED) is 0.571. The Labute approximate surface area is 168 Å². The third kappa shape index (κ3) is 5.75. The van der Waals surface area contributed by atoms with E-state index in [1.807, 2.05) is 37.3 Å². The lowest BCUT2D eigenvalue weighted by Gasteiger charge is -2.14. The first kappa shape index (κ1) is 20.3. The highest BCUT2D eigenvalue weighted by Crippen LogP contribution is 2.13. The molecule has 7 nitrogen and oxygen atoms in total. The minimum atomic E-state index is -0.582. The molecule has 7 heteroatoms. The van der Waals surface area contributed by atoms with E-state index in [2.05, 4.69) is 15.5 Å². The van der Waals surface area contributed by atoms with E-state index in [9.17, 15) is 14.4 Å². The zero-order valence-electron chi connectivity index (χ0n) is 16.2. The van der Waals surface area contributed by atoms with Crippen molar-refractivity contribution in [1.29, 1.82) is 0 Å². The van der Waals surface area contributed by atoms with Crippen LogP contribution in [0, 0.1) is 0 Å². The van der Waals surface area contributed by atoms with Crippen LogP contribution in [0.4, 0.5) is 0 Å². The van der Waals surface area contributed by atoms with Gasteiger partial charge in [0.05, 0.1) is 17.5 Å². The van der Waals surface area contributed by atoms with E-state index in [1.165, 1.54) is 5.56 Å². The van der Waals surface area contributed by atoms with Gasteiger partial charge in [-0.15, -0.1) is 0 Å². The molecule has 29 heavy (non-hydrogen) atoms. The van der Waals surface area contributed by atoms with Gasteiger partial charge in [0.15, 0.2) is 6.61 Å². The van der Waals surface area contributed by atoms with Crippen molar-refractivity contribution in [3.8, 4) is 0 Å². The normalized spacial score (nSPS) is 11.8. The SMILES string of the molecule is C[C@H](CCc1ccccc1)NC(=O)COC(=O)Cc1n[nH]c(=O)c2ccccc12. The Morgan fingerprint density at radius 3 is 2.52 bits per heavy atom. The van der Waals surface area contributed by atoms with Gasteiger partial charge in [0.25, 0.3) is 11.5 Å². The molecule has 0 bridgehead atoms. The lowest BCUT2D eigenvalue weighted by molar-refractivity contribution is -0.148. The van der Waals surface area contributed by atoms with E-state index in [1.54, 1.807) is 24.3 Å². The molecule has 0 fully saturated rings. The smallest absolute Gasteiger partial charge is 0.312 e. The van der Waals surface area contributed by atoms with Crippen LogP contribution < -0.4 is 10.9 Å². The fraction of sp³-hybridized carbons (Fsp3) is 0.273. The maximum Gasteiger partial charge on any atom is 0.312 e. The van der Waals surface area contributed by atoms with Crippen molar-refractivity contribution in [3.05, 3.63) is 76.2 Å². The number of aryl methyl sites for hydroxylation is 1. The lowest BCUT2D eigenvalue weighted by Crippen LogP contribution is -2.36. The summed E-state index contributed by atoms with van der Waals surface area (Å²) < 4.78 is 5.07. The van der Waals surface area contributed by atoms with Crippen molar-refractivity contribution in [3.63, 3.8) is 0 Å². The standard InChI is InChI=1S/C22H23N3O4/c1-15(11-12-16-7-3-2-4-8-16)23-20(26)14-29-21(27)13-19-17-9-5-6-10-18(17)22(28)25-24-19/h2-10,15H,11-14H2,1H3,(H,23,26)(H,25,28)/t15-/m1/s1. The van der Waals surface area contributed by atoms with E-state index in [0.29, 0.717) is 16.5 Å². The van der Waals surface area contributed by atoms with Crippen LogP contribution in [0.2, 0.25) is 0 Å². The maximum absolute atomic E-state index is 12.1. The highest BCUT2D eigenvalue weighted by molar-refractivity contribution is 5.87. The van der Waals surface area contributed by atoms with Crippen LogP contribution in [-0.4, -0.2) is 34.7 Å². The number of carbonyl (C=O) groups is 2. The van der Waals surface area contributed by atoms with Gasteiger partial charge >= 0.3 is 5.97 Å². The van der Waals surface area contributed by atoms with Crippen molar-refractivity contribution in [2.75, 3.05) is 6.61 Å². The Hall–Kier alpha value is -3.48. The summed E-state index contributed by atoms with van der Waals surface area (Å²) in [7, 11) is 0. The maximum atomic E-state index is 12.1. The lowest BCUT2D eigenvalue weighted by atomic mass is 10.1. The average Bonchev–Trinajstić information content (AvgIpc) is 2.74. The van der Waals surface area contributed by atoms with Crippen LogP contribution in [0.5, 0.6) is 0 Å². The van der Waals surface area contributed by atoms with Gasteiger partial charge in [-0.2, -0.15) is 5.10 Å². The molecule has 0 aliphatic carbocycles. The molecular formula is C22H23N3O4. The van der Waals surface area contributed by atoms with Crippen molar-refractivity contribution in [2.24, 2.45) is 0 Å². The van der Waals surface area contributed by atoms with E-state index < -0.39 is 5.97 Å². The van der Waals surface area contributed by atoms with E-state index in [0.717, 1.165) is 12.8 Å². The number of carbonyl (C=O) groups excluding carboxylic acids is 2. The summed E-state index contributed by atoms with van der Waals surface area (Å²) in [4.78, 5) is 35.9. The Morgan fingerprint density at radius 1 is 1.07 bits per heavy atom. The summed E-state index contributed by atoms with van der Waals surface area (Å²) in [6.45, 7) is 1.56. The first-order chi connectivity index (χ1) is 14.0. The van der Waals surface area contributed by atoms with Crippen LogP contribution in [-0.2, 0) is 27.2 Å². The molecule has 0 saturated heterocycles. The highest BCUT2D eigenvalue weighted by Gasteiger charge is 2.14. The van der Waals surface area contributed by atoms with E-state index in [-0.39, 0.29) is 30.5 Å². The first-order valence-electron chi connectivity index (χ1n) is 9.48. The Kier molecular flexibility index (Phi) is 6.73. The van der Waals surface area contributed by atoms with Crippen molar-refractivity contribution in [2.45, 2.75) is 32.2 Å². The molecule has 1 aromatic heterocycles. The topological polar surface area (TPSA) is 101 Å². The number of nitrogens with zero attached hydrogens (tertiary/aromatic N) is 1. The fourth-order valence-electron chi connectivity index (χ4n) is 3.06. The van der Waals surface area contributed by atoms with Crippen LogP contribution in [0.1, 0.15) is 24.6 Å². The van der Waals surface area contributed by atoms with E-state index >= 15 is 0 Å². The molecule has 0 aliphatic heterocycles. The predicted octanol–water partition coefficient (Wildman–Crippen LogP) is 2.15. The number of H-pyrrole nitrogens is 1. The first-order valence-corrected chi connectivity index (χ1v) is 9.48. The minimum Gasteiger partial charge on any atom is -0.455 e. The van der Waals surface area contributed by atoms with Gasteiger partial charge in [0.2, 0.25) is 0 Å². The summed E-state index contributed by atoms with van der Waals surface area (Å²) in [6.07, 6.45) is 1.51. The largest absolute Gasteiger partial charge is 0.455 e. The van der Waals surface area contributed by atoms with Crippen molar-refractivity contribution in [1.82, 2.24) is 15.5 Å². The van der Waals surface area contributed by atoms with Gasteiger partial charge in [0, 0.05) is 11.4 Å². The molecule has 0 aliphatic rings.